The summed E-state index contributed by atoms with van der Waals surface area (Å²) in [4.78, 5) is 29.0. The van der Waals surface area contributed by atoms with Crippen molar-refractivity contribution in [2.45, 2.75) is 111 Å². The number of carbonyl (C=O) groups excluding carboxylic acids is 2. The van der Waals surface area contributed by atoms with Crippen molar-refractivity contribution in [3.63, 3.8) is 0 Å². The van der Waals surface area contributed by atoms with Gasteiger partial charge in [-0.3, -0.25) is 0 Å². The molecule has 3 N–H and O–H groups in total. The van der Waals surface area contributed by atoms with Gasteiger partial charge in [-0.05, 0) is 80.4 Å². The summed E-state index contributed by atoms with van der Waals surface area (Å²) >= 11 is 0. The molecule has 0 aliphatic heterocycles. The van der Waals surface area contributed by atoms with Crippen LogP contribution in [0, 0.1) is 5.21 Å². The minimum absolute atomic E-state index is 0.00867. The van der Waals surface area contributed by atoms with E-state index in [0.717, 1.165) is 41.3 Å². The highest BCUT2D eigenvalue weighted by Crippen LogP contribution is 2.28. The van der Waals surface area contributed by atoms with Gasteiger partial charge >= 0.3 is 12.1 Å². The molecule has 244 valence electrons. The van der Waals surface area contributed by atoms with Crippen LogP contribution in [-0.4, -0.2) is 58.6 Å². The molecule has 0 unspecified atom stereocenters. The van der Waals surface area contributed by atoms with Crippen molar-refractivity contribution >= 4 is 34.1 Å². The first kappa shape index (κ1) is 34.7. The van der Waals surface area contributed by atoms with E-state index in [1.54, 1.807) is 6.07 Å². The molecule has 3 rings (SSSR count). The Morgan fingerprint density at radius 2 is 1.82 bits per heavy atom. The number of imidazole rings is 1. The molecule has 12 heteroatoms. The largest absolute Gasteiger partial charge is 0.618 e. The van der Waals surface area contributed by atoms with Crippen molar-refractivity contribution in [2.24, 2.45) is 0 Å². The number of nitrogens with one attached hydrogen (secondary N) is 3. The van der Waals surface area contributed by atoms with E-state index < -0.39 is 17.2 Å². The van der Waals surface area contributed by atoms with Gasteiger partial charge in [0.15, 0.2) is 5.52 Å². The predicted molar refractivity (Wildman–Crippen MR) is 171 cm³/mol. The quantitative estimate of drug-likeness (QED) is 0.120. The topological polar surface area (TPSA) is 143 Å². The van der Waals surface area contributed by atoms with Crippen molar-refractivity contribution < 1.29 is 28.5 Å². The number of rotatable bonds is 15. The third kappa shape index (κ3) is 10.4. The standard InChI is InChI=1S/C32H50N6O6/c1-9-42-20-27-35-25-19-38(41)26-18-23(43-17-13-11-10-12-16-33-30(40)44-31(4,5)6)14-15-24(26)28(25)37(27)21-32(7,8)36-29(39)34-22(2)3/h14-15,18-19,22H,9-13,16-17,20-21H2,1-8H3,(H,33,40)(H2,34,36,39). The van der Waals surface area contributed by atoms with Crippen molar-refractivity contribution in [2.75, 3.05) is 19.8 Å². The van der Waals surface area contributed by atoms with Gasteiger partial charge in [0.05, 0.1) is 29.1 Å². The maximum absolute atomic E-state index is 13.1. The van der Waals surface area contributed by atoms with Gasteiger partial charge in [-0.25, -0.2) is 14.6 Å². The number of hydrogen-bond donors (Lipinski definition) is 3. The molecular weight excluding hydrogens is 564 g/mol. The second-order valence-electron chi connectivity index (χ2n) is 12.9. The summed E-state index contributed by atoms with van der Waals surface area (Å²) < 4.78 is 19.8. The Balaban J connectivity index is 1.69. The SMILES string of the molecule is CCOCc1nc2c[n+]([O-])c3cc(OCCCCCCNC(=O)OC(C)(C)C)ccc3c2n1CC(C)(C)NC(=O)NC(C)C. The fraction of sp³-hybridized carbons (Fsp3) is 0.625. The lowest BCUT2D eigenvalue weighted by Crippen LogP contribution is -2.52. The van der Waals surface area contributed by atoms with E-state index in [2.05, 4.69) is 16.0 Å². The molecule has 3 aromatic rings. The van der Waals surface area contributed by atoms with Crippen LogP contribution in [0.1, 0.15) is 86.9 Å². The van der Waals surface area contributed by atoms with E-state index in [1.807, 2.05) is 72.1 Å². The van der Waals surface area contributed by atoms with Crippen molar-refractivity contribution in [3.05, 3.63) is 35.4 Å². The average molecular weight is 615 g/mol. The highest BCUT2D eigenvalue weighted by atomic mass is 16.6. The van der Waals surface area contributed by atoms with Crippen LogP contribution < -0.4 is 25.4 Å². The second kappa shape index (κ2) is 15.3. The summed E-state index contributed by atoms with van der Waals surface area (Å²) in [6.07, 6.45) is 4.69. The molecule has 0 saturated heterocycles. The lowest BCUT2D eigenvalue weighted by molar-refractivity contribution is -0.575. The molecule has 3 amide bonds. The Hall–Kier alpha value is -3.80. The lowest BCUT2D eigenvalue weighted by Gasteiger charge is -2.28. The molecule has 0 fully saturated rings. The number of unbranched alkanes of at least 4 members (excludes halogenated alkanes) is 3. The minimum atomic E-state index is -0.627. The number of hydrogen-bond acceptors (Lipinski definition) is 7. The molecule has 0 radical (unpaired) electrons. The van der Waals surface area contributed by atoms with E-state index in [9.17, 15) is 14.8 Å². The predicted octanol–water partition coefficient (Wildman–Crippen LogP) is 5.31. The van der Waals surface area contributed by atoms with Gasteiger partial charge in [-0.15, -0.1) is 0 Å². The zero-order valence-electron chi connectivity index (χ0n) is 27.5. The van der Waals surface area contributed by atoms with E-state index in [4.69, 9.17) is 19.2 Å². The van der Waals surface area contributed by atoms with Crippen LogP contribution in [-0.2, 0) is 22.6 Å². The molecule has 0 aliphatic rings. The van der Waals surface area contributed by atoms with Gasteiger partial charge < -0.3 is 39.9 Å². The maximum atomic E-state index is 13.1. The third-order valence-corrected chi connectivity index (χ3v) is 6.64. The van der Waals surface area contributed by atoms with Crippen LogP contribution in [0.25, 0.3) is 21.9 Å². The number of pyridine rings is 1. The molecule has 44 heavy (non-hydrogen) atoms. The summed E-state index contributed by atoms with van der Waals surface area (Å²) in [6, 6.07) is 5.27. The van der Waals surface area contributed by atoms with Crippen LogP contribution in [0.5, 0.6) is 5.75 Å². The fourth-order valence-corrected chi connectivity index (χ4v) is 4.85. The number of amides is 3. The Bertz CT molecular complexity index is 1410. The summed E-state index contributed by atoms with van der Waals surface area (Å²) in [5.74, 6) is 1.29. The Morgan fingerprint density at radius 3 is 2.50 bits per heavy atom. The van der Waals surface area contributed by atoms with E-state index >= 15 is 0 Å². The Kier molecular flexibility index (Phi) is 12.0. The van der Waals surface area contributed by atoms with Crippen molar-refractivity contribution in [1.29, 1.82) is 0 Å². The molecule has 0 saturated carbocycles. The molecule has 2 aromatic heterocycles. The summed E-state index contributed by atoms with van der Waals surface area (Å²) in [5.41, 5.74) is 0.691. The molecule has 0 bridgehead atoms. The normalized spacial score (nSPS) is 12.1. The minimum Gasteiger partial charge on any atom is -0.618 e. The third-order valence-electron chi connectivity index (χ3n) is 6.64. The van der Waals surface area contributed by atoms with Crippen LogP contribution in [0.3, 0.4) is 0 Å². The van der Waals surface area contributed by atoms with Crippen LogP contribution in [0.2, 0.25) is 0 Å². The number of urea groups is 1. The maximum Gasteiger partial charge on any atom is 0.407 e. The molecule has 0 spiro atoms. The van der Waals surface area contributed by atoms with E-state index in [1.165, 1.54) is 6.20 Å². The first-order chi connectivity index (χ1) is 20.7. The lowest BCUT2D eigenvalue weighted by atomic mass is 10.1. The summed E-state index contributed by atoms with van der Waals surface area (Å²) in [5, 5.41) is 22.5. The first-order valence-electron chi connectivity index (χ1n) is 15.5. The fourth-order valence-electron chi connectivity index (χ4n) is 4.85. The van der Waals surface area contributed by atoms with Gasteiger partial charge in [-0.2, -0.15) is 4.73 Å². The number of benzene rings is 1. The Labute approximate surface area is 260 Å². The van der Waals surface area contributed by atoms with Crippen molar-refractivity contribution in [3.8, 4) is 5.75 Å². The van der Waals surface area contributed by atoms with Gasteiger partial charge in [0.1, 0.15) is 23.8 Å². The highest BCUT2D eigenvalue weighted by molar-refractivity contribution is 6.01. The van der Waals surface area contributed by atoms with Crippen LogP contribution >= 0.6 is 0 Å². The molecule has 1 aromatic carbocycles. The smallest absolute Gasteiger partial charge is 0.407 e. The monoisotopic (exact) mass is 614 g/mol. The first-order valence-corrected chi connectivity index (χ1v) is 15.5. The van der Waals surface area contributed by atoms with E-state index in [-0.39, 0.29) is 18.7 Å². The number of carbonyl (C=O) groups is 2. The second-order valence-corrected chi connectivity index (χ2v) is 12.9. The molecule has 0 aliphatic carbocycles. The summed E-state index contributed by atoms with van der Waals surface area (Å²) in [6.45, 7) is 17.5. The number of aromatic nitrogens is 3. The van der Waals surface area contributed by atoms with Crippen LogP contribution in [0.4, 0.5) is 9.59 Å². The average Bonchev–Trinajstić information content (AvgIpc) is 3.22. The molecule has 2 heterocycles. The zero-order chi connectivity index (χ0) is 32.5. The molecule has 12 nitrogen and oxygen atoms in total. The Morgan fingerprint density at radius 1 is 1.09 bits per heavy atom. The van der Waals surface area contributed by atoms with Gasteiger partial charge in [-0.1, -0.05) is 12.8 Å². The highest BCUT2D eigenvalue weighted by Gasteiger charge is 2.27. The number of alkyl carbamates (subject to hydrolysis) is 1. The number of nitrogens with zero attached hydrogens (tertiary/aromatic N) is 3. The number of fused-ring (bicyclic) bond motifs is 3. The van der Waals surface area contributed by atoms with Crippen molar-refractivity contribution in [1.82, 2.24) is 25.5 Å². The number of ether oxygens (including phenoxy) is 3. The van der Waals surface area contributed by atoms with Gasteiger partial charge in [0, 0.05) is 25.7 Å². The van der Waals surface area contributed by atoms with Crippen LogP contribution in [0.15, 0.2) is 24.4 Å². The van der Waals surface area contributed by atoms with Gasteiger partial charge in [0.25, 0.3) is 0 Å². The summed E-state index contributed by atoms with van der Waals surface area (Å²) in [7, 11) is 0. The van der Waals surface area contributed by atoms with Gasteiger partial charge in [0.2, 0.25) is 11.7 Å². The van der Waals surface area contributed by atoms with E-state index in [0.29, 0.717) is 48.9 Å². The molecular formula is C32H50N6O6. The molecule has 0 atom stereocenters. The zero-order valence-corrected chi connectivity index (χ0v) is 27.5.